The Morgan fingerprint density at radius 1 is 1.45 bits per heavy atom. The van der Waals surface area contributed by atoms with Gasteiger partial charge < -0.3 is 9.42 Å². The summed E-state index contributed by atoms with van der Waals surface area (Å²) in [4.78, 5) is 16.2. The first-order valence-electron chi connectivity index (χ1n) is 7.51. The Balaban J connectivity index is 1.87. The van der Waals surface area contributed by atoms with Crippen LogP contribution in [-0.4, -0.2) is 23.0 Å². The molecule has 5 heteroatoms. The predicted octanol–water partition coefficient (Wildman–Crippen LogP) is 3.68. The number of aromatic nitrogens is 1. The van der Waals surface area contributed by atoms with Gasteiger partial charge in [-0.05, 0) is 37.1 Å². The monoisotopic (exact) mass is 318 g/mol. The van der Waals surface area contributed by atoms with Crippen LogP contribution < -0.4 is 0 Å². The highest BCUT2D eigenvalue weighted by molar-refractivity contribution is 7.10. The number of rotatable bonds is 4. The Bertz CT molecular complexity index is 683. The summed E-state index contributed by atoms with van der Waals surface area (Å²) in [5, 5.41) is 6.02. The highest BCUT2D eigenvalue weighted by Crippen LogP contribution is 2.66. The van der Waals surface area contributed by atoms with Crippen LogP contribution in [0.5, 0.6) is 0 Å². The fourth-order valence-electron chi connectivity index (χ4n) is 3.39. The van der Waals surface area contributed by atoms with Gasteiger partial charge in [0.2, 0.25) is 5.91 Å². The van der Waals surface area contributed by atoms with E-state index in [9.17, 15) is 4.79 Å². The second-order valence-electron chi connectivity index (χ2n) is 6.91. The number of carbonyl (C=O) groups excluding carboxylic acids is 1. The Morgan fingerprint density at radius 2 is 2.14 bits per heavy atom. The van der Waals surface area contributed by atoms with E-state index >= 15 is 0 Å². The molecule has 0 spiro atoms. The molecule has 22 heavy (non-hydrogen) atoms. The maximum absolute atomic E-state index is 13.2. The molecule has 118 valence electrons. The number of aryl methyl sites for hydroxylation is 2. The highest BCUT2D eigenvalue weighted by Gasteiger charge is 2.68. The Morgan fingerprint density at radius 3 is 2.59 bits per heavy atom. The number of hydrogen-bond donors (Lipinski definition) is 0. The average molecular weight is 318 g/mol. The average Bonchev–Trinajstić information content (AvgIpc) is 2.87. The molecular weight excluding hydrogens is 296 g/mol. The van der Waals surface area contributed by atoms with Crippen molar-refractivity contribution in [1.29, 1.82) is 0 Å². The van der Waals surface area contributed by atoms with Crippen molar-refractivity contribution >= 4 is 17.2 Å². The van der Waals surface area contributed by atoms with Crippen molar-refractivity contribution in [3.05, 3.63) is 39.4 Å². The van der Waals surface area contributed by atoms with Gasteiger partial charge in [0.15, 0.2) is 0 Å². The van der Waals surface area contributed by atoms with Crippen molar-refractivity contribution < 1.29 is 9.32 Å². The molecule has 2 heterocycles. The zero-order valence-corrected chi connectivity index (χ0v) is 14.6. The molecule has 1 atom stereocenters. The summed E-state index contributed by atoms with van der Waals surface area (Å²) in [6, 6.07) is 4.11. The highest BCUT2D eigenvalue weighted by atomic mass is 32.1. The van der Waals surface area contributed by atoms with Crippen molar-refractivity contribution in [1.82, 2.24) is 10.1 Å². The van der Waals surface area contributed by atoms with Crippen molar-refractivity contribution in [2.75, 3.05) is 7.05 Å². The second-order valence-corrected chi connectivity index (χ2v) is 7.85. The van der Waals surface area contributed by atoms with E-state index in [1.54, 1.807) is 11.3 Å². The van der Waals surface area contributed by atoms with Crippen LogP contribution in [-0.2, 0) is 16.8 Å². The van der Waals surface area contributed by atoms with E-state index in [1.165, 1.54) is 4.88 Å². The molecular formula is C17H22N2O2S. The van der Waals surface area contributed by atoms with Crippen molar-refractivity contribution in [2.24, 2.45) is 5.41 Å². The molecule has 1 aliphatic rings. The molecule has 1 saturated carbocycles. The lowest BCUT2D eigenvalue weighted by Gasteiger charge is -2.26. The third kappa shape index (κ3) is 2.10. The molecule has 0 aromatic carbocycles. The Hall–Kier alpha value is -1.62. The molecule has 1 aliphatic carbocycles. The van der Waals surface area contributed by atoms with E-state index in [0.29, 0.717) is 6.54 Å². The molecule has 0 N–H and O–H groups in total. The van der Waals surface area contributed by atoms with Crippen LogP contribution in [0.1, 0.15) is 42.2 Å². The molecule has 0 aliphatic heterocycles. The van der Waals surface area contributed by atoms with E-state index in [4.69, 9.17) is 4.52 Å². The second kappa shape index (κ2) is 4.95. The van der Waals surface area contributed by atoms with E-state index in [0.717, 1.165) is 23.4 Å². The maximum Gasteiger partial charge on any atom is 0.234 e. The van der Waals surface area contributed by atoms with Gasteiger partial charge in [-0.3, -0.25) is 4.79 Å². The van der Waals surface area contributed by atoms with Gasteiger partial charge >= 0.3 is 0 Å². The largest absolute Gasteiger partial charge is 0.361 e. The van der Waals surface area contributed by atoms with E-state index in [2.05, 4.69) is 25.1 Å². The number of thiophene rings is 1. The van der Waals surface area contributed by atoms with Gasteiger partial charge in [0.25, 0.3) is 0 Å². The summed E-state index contributed by atoms with van der Waals surface area (Å²) in [5.41, 5.74) is 1.52. The van der Waals surface area contributed by atoms with Gasteiger partial charge in [0.05, 0.1) is 17.7 Å². The van der Waals surface area contributed by atoms with E-state index in [1.807, 2.05) is 37.2 Å². The van der Waals surface area contributed by atoms with Gasteiger partial charge in [-0.1, -0.05) is 25.1 Å². The van der Waals surface area contributed by atoms with E-state index in [-0.39, 0.29) is 16.7 Å². The minimum Gasteiger partial charge on any atom is -0.361 e. The molecule has 4 nitrogen and oxygen atoms in total. The van der Waals surface area contributed by atoms with E-state index < -0.39 is 0 Å². The van der Waals surface area contributed by atoms with Gasteiger partial charge in [0, 0.05) is 17.5 Å². The zero-order valence-electron chi connectivity index (χ0n) is 13.8. The standard InChI is InChI=1S/C17H22N2O2S/c1-11-13(12(2)21-18-11)9-19(5)15(20)17(10-16(17,3)4)14-7-6-8-22-14/h6-8H,9-10H2,1-5H3/t17-/m1/s1. The third-order valence-electron chi connectivity index (χ3n) is 4.97. The molecule has 0 radical (unpaired) electrons. The summed E-state index contributed by atoms with van der Waals surface area (Å²) in [6.45, 7) is 8.70. The lowest BCUT2D eigenvalue weighted by Crippen LogP contribution is -2.38. The molecule has 3 rings (SSSR count). The summed E-state index contributed by atoms with van der Waals surface area (Å²) in [5.74, 6) is 0.984. The van der Waals surface area contributed by atoms with Crippen molar-refractivity contribution in [2.45, 2.75) is 46.1 Å². The normalized spacial score (nSPS) is 22.6. The first kappa shape index (κ1) is 15.3. The first-order chi connectivity index (χ1) is 10.3. The maximum atomic E-state index is 13.2. The van der Waals surface area contributed by atoms with Gasteiger partial charge in [-0.15, -0.1) is 11.3 Å². The lowest BCUT2D eigenvalue weighted by molar-refractivity contribution is -0.134. The molecule has 1 amide bonds. The minimum absolute atomic E-state index is 0.0158. The number of hydrogen-bond acceptors (Lipinski definition) is 4. The number of carbonyl (C=O) groups is 1. The SMILES string of the molecule is Cc1noc(C)c1CN(C)C(=O)[C@]1(c2cccs2)CC1(C)C. The van der Waals surface area contributed by atoms with Gasteiger partial charge in [0.1, 0.15) is 5.76 Å². The van der Waals surface area contributed by atoms with Gasteiger partial charge in [-0.2, -0.15) is 0 Å². The van der Waals surface area contributed by atoms with Crippen LogP contribution in [0.3, 0.4) is 0 Å². The molecule has 1 fully saturated rings. The fourth-order valence-corrected chi connectivity index (χ4v) is 4.49. The topological polar surface area (TPSA) is 46.3 Å². The van der Waals surface area contributed by atoms with Crippen molar-refractivity contribution in [3.8, 4) is 0 Å². The quantitative estimate of drug-likeness (QED) is 0.864. The number of nitrogens with zero attached hydrogens (tertiary/aromatic N) is 2. The zero-order chi connectivity index (χ0) is 16.1. The van der Waals surface area contributed by atoms with Crippen LogP contribution in [0.15, 0.2) is 22.0 Å². The first-order valence-corrected chi connectivity index (χ1v) is 8.39. The Kier molecular flexibility index (Phi) is 3.44. The van der Waals surface area contributed by atoms with Crippen LogP contribution in [0.4, 0.5) is 0 Å². The summed E-state index contributed by atoms with van der Waals surface area (Å²) in [7, 11) is 1.87. The van der Waals surface area contributed by atoms with Crippen LogP contribution in [0.25, 0.3) is 0 Å². The molecule has 2 aromatic rings. The number of likely N-dealkylation sites (N-methyl/N-ethyl adjacent to an activating group) is 1. The van der Waals surface area contributed by atoms with Crippen LogP contribution in [0, 0.1) is 19.3 Å². The van der Waals surface area contributed by atoms with Crippen LogP contribution in [0.2, 0.25) is 0 Å². The molecule has 0 unspecified atom stereocenters. The third-order valence-corrected chi connectivity index (χ3v) is 6.00. The smallest absolute Gasteiger partial charge is 0.234 e. The lowest BCUT2D eigenvalue weighted by atomic mass is 9.92. The molecule has 2 aromatic heterocycles. The summed E-state index contributed by atoms with van der Waals surface area (Å²) >= 11 is 1.68. The molecule has 0 bridgehead atoms. The van der Waals surface area contributed by atoms with Gasteiger partial charge in [-0.25, -0.2) is 0 Å². The van der Waals surface area contributed by atoms with Crippen molar-refractivity contribution in [3.63, 3.8) is 0 Å². The predicted molar refractivity (Wildman–Crippen MR) is 86.8 cm³/mol. The summed E-state index contributed by atoms with van der Waals surface area (Å²) < 4.78 is 5.20. The Labute approximate surface area is 135 Å². The fraction of sp³-hybridized carbons (Fsp3) is 0.529. The molecule has 0 saturated heterocycles. The minimum atomic E-state index is -0.366. The summed E-state index contributed by atoms with van der Waals surface area (Å²) in [6.07, 6.45) is 0.908. The number of amides is 1. The van der Waals surface area contributed by atoms with Crippen LogP contribution >= 0.6 is 11.3 Å².